The number of hydrogen-bond donors (Lipinski definition) is 3. The molecule has 7 nitrogen and oxygen atoms in total. The maximum absolute atomic E-state index is 11.8. The zero-order valence-electron chi connectivity index (χ0n) is 14.1. The van der Waals surface area contributed by atoms with E-state index in [-0.39, 0.29) is 18.3 Å². The summed E-state index contributed by atoms with van der Waals surface area (Å²) in [6, 6.07) is 11.7. The second kappa shape index (κ2) is 11.1. The topological polar surface area (TPSA) is 88.7 Å². The van der Waals surface area contributed by atoms with Crippen LogP contribution in [0.2, 0.25) is 10.0 Å². The van der Waals surface area contributed by atoms with Crippen molar-refractivity contribution in [3.05, 3.63) is 57.0 Å². The third-order valence-electron chi connectivity index (χ3n) is 3.02. The van der Waals surface area contributed by atoms with Crippen LogP contribution >= 0.6 is 51.3 Å². The van der Waals surface area contributed by atoms with Gasteiger partial charge in [-0.2, -0.15) is 0 Å². The van der Waals surface area contributed by atoms with Gasteiger partial charge >= 0.3 is 0 Å². The molecule has 0 saturated heterocycles. The second-order valence-electron chi connectivity index (χ2n) is 5.13. The SMILES string of the molecule is O=C(COc1ccc(Br)cc1Cl)NNC(=S)NC(=O)COc1ccccc1Cl. The normalized spacial score (nSPS) is 9.96. The lowest BCUT2D eigenvalue weighted by atomic mass is 10.3. The minimum absolute atomic E-state index is 0.109. The molecule has 0 atom stereocenters. The zero-order chi connectivity index (χ0) is 20.5. The molecule has 3 N–H and O–H groups in total. The lowest BCUT2D eigenvalue weighted by Crippen LogP contribution is -2.50. The van der Waals surface area contributed by atoms with Gasteiger partial charge in [0, 0.05) is 4.47 Å². The minimum atomic E-state index is -0.525. The first-order valence-corrected chi connectivity index (χ1v) is 9.64. The van der Waals surface area contributed by atoms with Gasteiger partial charge < -0.3 is 9.47 Å². The van der Waals surface area contributed by atoms with E-state index in [0.717, 1.165) is 4.47 Å². The van der Waals surface area contributed by atoms with Gasteiger partial charge in [-0.15, -0.1) is 0 Å². The molecule has 0 unspecified atom stereocenters. The van der Waals surface area contributed by atoms with Crippen molar-refractivity contribution in [3.8, 4) is 11.5 Å². The summed E-state index contributed by atoms with van der Waals surface area (Å²) in [7, 11) is 0. The van der Waals surface area contributed by atoms with Crippen LogP contribution in [-0.2, 0) is 9.59 Å². The van der Waals surface area contributed by atoms with Gasteiger partial charge in [-0.3, -0.25) is 25.8 Å². The van der Waals surface area contributed by atoms with Gasteiger partial charge in [0.1, 0.15) is 11.5 Å². The van der Waals surface area contributed by atoms with Crippen molar-refractivity contribution in [2.45, 2.75) is 0 Å². The van der Waals surface area contributed by atoms with Crippen molar-refractivity contribution in [2.75, 3.05) is 13.2 Å². The van der Waals surface area contributed by atoms with Crippen LogP contribution in [0, 0.1) is 0 Å². The average molecular weight is 507 g/mol. The van der Waals surface area contributed by atoms with E-state index in [0.29, 0.717) is 21.5 Å². The molecule has 11 heteroatoms. The summed E-state index contributed by atoms with van der Waals surface area (Å²) in [5.41, 5.74) is 4.67. The molecule has 0 aromatic heterocycles. The number of ether oxygens (including phenoxy) is 2. The molecule has 0 saturated carbocycles. The smallest absolute Gasteiger partial charge is 0.276 e. The van der Waals surface area contributed by atoms with E-state index in [1.807, 2.05) is 0 Å². The molecule has 2 amide bonds. The molecule has 28 heavy (non-hydrogen) atoms. The third-order valence-corrected chi connectivity index (χ3v) is 4.32. The van der Waals surface area contributed by atoms with Crippen molar-refractivity contribution in [1.82, 2.24) is 16.2 Å². The van der Waals surface area contributed by atoms with Crippen LogP contribution in [0.5, 0.6) is 11.5 Å². The fourth-order valence-corrected chi connectivity index (χ4v) is 2.88. The number of nitrogens with one attached hydrogen (secondary N) is 3. The Morgan fingerprint density at radius 1 is 0.929 bits per heavy atom. The Labute approximate surface area is 184 Å². The number of amides is 2. The van der Waals surface area contributed by atoms with Crippen LogP contribution in [-0.4, -0.2) is 30.1 Å². The van der Waals surface area contributed by atoms with Crippen LogP contribution in [0.3, 0.4) is 0 Å². The molecular formula is C17H14BrCl2N3O4S. The summed E-state index contributed by atoms with van der Waals surface area (Å²) in [4.78, 5) is 23.6. The van der Waals surface area contributed by atoms with Crippen LogP contribution in [0.4, 0.5) is 0 Å². The fraction of sp³-hybridized carbons (Fsp3) is 0.118. The largest absolute Gasteiger partial charge is 0.482 e. The summed E-state index contributed by atoms with van der Waals surface area (Å²) in [6.45, 7) is -0.606. The zero-order valence-corrected chi connectivity index (χ0v) is 18.0. The summed E-state index contributed by atoms with van der Waals surface area (Å²) in [6.07, 6.45) is 0. The van der Waals surface area contributed by atoms with Crippen molar-refractivity contribution in [1.29, 1.82) is 0 Å². The van der Waals surface area contributed by atoms with E-state index >= 15 is 0 Å². The summed E-state index contributed by atoms with van der Waals surface area (Å²) < 4.78 is 11.4. The molecule has 2 rings (SSSR count). The number of hydrazine groups is 1. The number of hydrogen-bond acceptors (Lipinski definition) is 5. The van der Waals surface area contributed by atoms with Crippen molar-refractivity contribution >= 4 is 68.3 Å². The lowest BCUT2D eigenvalue weighted by Gasteiger charge is -2.12. The molecule has 2 aromatic carbocycles. The first-order chi connectivity index (χ1) is 13.3. The van der Waals surface area contributed by atoms with Gasteiger partial charge in [-0.1, -0.05) is 51.3 Å². The highest BCUT2D eigenvalue weighted by Gasteiger charge is 2.09. The molecule has 0 aliphatic rings. The molecule has 0 fully saturated rings. The maximum Gasteiger partial charge on any atom is 0.276 e. The van der Waals surface area contributed by atoms with Gasteiger partial charge in [-0.05, 0) is 42.5 Å². The predicted octanol–water partition coefficient (Wildman–Crippen LogP) is 3.24. The molecule has 0 aliphatic carbocycles. The van der Waals surface area contributed by atoms with Crippen LogP contribution < -0.4 is 25.6 Å². The van der Waals surface area contributed by atoms with Gasteiger partial charge in [0.05, 0.1) is 10.0 Å². The van der Waals surface area contributed by atoms with Crippen molar-refractivity contribution in [2.24, 2.45) is 0 Å². The third kappa shape index (κ3) is 7.51. The Bertz CT molecular complexity index is 885. The van der Waals surface area contributed by atoms with Crippen LogP contribution in [0.25, 0.3) is 0 Å². The number of carbonyl (C=O) groups is 2. The van der Waals surface area contributed by atoms with Gasteiger partial charge in [0.2, 0.25) is 0 Å². The first-order valence-electron chi connectivity index (χ1n) is 7.69. The summed E-state index contributed by atoms with van der Waals surface area (Å²) in [5.74, 6) is -0.324. The van der Waals surface area contributed by atoms with Gasteiger partial charge in [0.25, 0.3) is 11.8 Å². The number of benzene rings is 2. The lowest BCUT2D eigenvalue weighted by molar-refractivity contribution is -0.124. The van der Waals surface area contributed by atoms with Gasteiger partial charge in [-0.25, -0.2) is 0 Å². The highest BCUT2D eigenvalue weighted by molar-refractivity contribution is 9.10. The quantitative estimate of drug-likeness (QED) is 0.411. The highest BCUT2D eigenvalue weighted by atomic mass is 79.9. The van der Waals surface area contributed by atoms with Crippen LogP contribution in [0.15, 0.2) is 46.9 Å². The number of rotatable bonds is 6. The fourth-order valence-electron chi connectivity index (χ4n) is 1.80. The van der Waals surface area contributed by atoms with E-state index in [9.17, 15) is 9.59 Å². The van der Waals surface area contributed by atoms with Crippen LogP contribution in [0.1, 0.15) is 0 Å². The Morgan fingerprint density at radius 2 is 1.57 bits per heavy atom. The van der Waals surface area contributed by atoms with Gasteiger partial charge in [0.15, 0.2) is 18.3 Å². The molecule has 2 aromatic rings. The number of halogens is 3. The monoisotopic (exact) mass is 505 g/mol. The van der Waals surface area contributed by atoms with E-state index in [1.165, 1.54) is 0 Å². The number of carbonyl (C=O) groups excluding carboxylic acids is 2. The van der Waals surface area contributed by atoms with E-state index in [2.05, 4.69) is 32.1 Å². The molecule has 0 bridgehead atoms. The minimum Gasteiger partial charge on any atom is -0.482 e. The van der Waals surface area contributed by atoms with Crippen molar-refractivity contribution < 1.29 is 19.1 Å². The molecule has 148 valence electrons. The van der Waals surface area contributed by atoms with E-state index in [1.54, 1.807) is 42.5 Å². The number of para-hydroxylation sites is 1. The predicted molar refractivity (Wildman–Crippen MR) is 114 cm³/mol. The molecule has 0 aliphatic heterocycles. The molecule has 0 heterocycles. The highest BCUT2D eigenvalue weighted by Crippen LogP contribution is 2.27. The first kappa shape index (κ1) is 22.2. The molecule has 0 spiro atoms. The Hall–Kier alpha value is -2.07. The Kier molecular flexibility index (Phi) is 8.78. The van der Waals surface area contributed by atoms with Crippen molar-refractivity contribution in [3.63, 3.8) is 0 Å². The molecule has 0 radical (unpaired) electrons. The standard InChI is InChI=1S/C17H14BrCl2N3O4S/c18-10-5-6-14(12(20)7-10)27-9-16(25)22-23-17(28)21-15(24)8-26-13-4-2-1-3-11(13)19/h1-7H,8-9H2,(H,22,25)(H2,21,23,24,28). The Morgan fingerprint density at radius 3 is 2.25 bits per heavy atom. The second-order valence-corrected chi connectivity index (χ2v) is 7.27. The molecular weight excluding hydrogens is 493 g/mol. The summed E-state index contributed by atoms with van der Waals surface area (Å²) >= 11 is 20.1. The van der Waals surface area contributed by atoms with E-state index < -0.39 is 11.8 Å². The van der Waals surface area contributed by atoms with E-state index in [4.69, 9.17) is 44.9 Å². The summed E-state index contributed by atoms with van der Waals surface area (Å²) in [5, 5.41) is 2.98. The maximum atomic E-state index is 11.8. The average Bonchev–Trinajstić information content (AvgIpc) is 2.65. The Balaban J connectivity index is 1.67. The number of thiocarbonyl (C=S) groups is 1.